The van der Waals surface area contributed by atoms with Crippen LogP contribution in [0.2, 0.25) is 5.02 Å². The maximum absolute atomic E-state index is 11.2. The molecule has 1 aromatic heterocycles. The van der Waals surface area contributed by atoms with Crippen LogP contribution in [-0.2, 0) is 0 Å². The van der Waals surface area contributed by atoms with Crippen LogP contribution in [0.25, 0.3) is 10.9 Å². The zero-order chi connectivity index (χ0) is 25.5. The minimum atomic E-state index is -0.727. The van der Waals surface area contributed by atoms with Gasteiger partial charge in [-0.1, -0.05) is 29.8 Å². The maximum atomic E-state index is 11.2. The van der Waals surface area contributed by atoms with Crippen molar-refractivity contribution >= 4 is 34.3 Å². The Morgan fingerprint density at radius 3 is 2.69 bits per heavy atom. The lowest BCUT2D eigenvalue weighted by Crippen LogP contribution is -2.42. The fraction of sp³-hybridized carbons (Fsp3) is 0.483. The van der Waals surface area contributed by atoms with E-state index in [1.165, 1.54) is 10.5 Å². The van der Waals surface area contributed by atoms with E-state index in [1.54, 1.807) is 13.3 Å². The number of hydrogen-bond donors (Lipinski definition) is 2. The van der Waals surface area contributed by atoms with E-state index < -0.39 is 6.10 Å². The van der Waals surface area contributed by atoms with Crippen LogP contribution in [-0.4, -0.2) is 59.2 Å². The van der Waals surface area contributed by atoms with Crippen LogP contribution >= 0.6 is 23.4 Å². The molecule has 1 atom stereocenters. The lowest BCUT2D eigenvalue weighted by Gasteiger charge is -2.41. The Morgan fingerprint density at radius 2 is 1.97 bits per heavy atom. The number of aryl methyl sites for hydroxylation is 1. The van der Waals surface area contributed by atoms with Gasteiger partial charge in [-0.05, 0) is 99.7 Å². The van der Waals surface area contributed by atoms with Crippen LogP contribution in [0.15, 0.2) is 53.6 Å². The molecular formula is C29H37ClN2O3S. The molecule has 1 fully saturated rings. The Labute approximate surface area is 223 Å². The van der Waals surface area contributed by atoms with E-state index in [2.05, 4.69) is 41.1 Å². The molecule has 0 bridgehead atoms. The minimum Gasteiger partial charge on any atom is -0.497 e. The number of nitrogens with zero attached hydrogens (tertiary/aromatic N) is 2. The number of halogens is 1. The second-order valence-electron chi connectivity index (χ2n) is 9.92. The van der Waals surface area contributed by atoms with Crippen LogP contribution in [0.3, 0.4) is 0 Å². The minimum absolute atomic E-state index is 0.148. The van der Waals surface area contributed by atoms with Gasteiger partial charge in [-0.2, -0.15) is 0 Å². The number of pyridine rings is 1. The highest BCUT2D eigenvalue weighted by Crippen LogP contribution is 2.40. The number of aliphatic hydroxyl groups is 2. The van der Waals surface area contributed by atoms with Gasteiger partial charge in [-0.25, -0.2) is 0 Å². The van der Waals surface area contributed by atoms with Gasteiger partial charge in [0.1, 0.15) is 5.75 Å². The third-order valence-electron chi connectivity index (χ3n) is 7.57. The number of aliphatic hydroxyl groups excluding tert-OH is 2. The number of methoxy groups -OCH3 is 1. The van der Waals surface area contributed by atoms with Gasteiger partial charge in [-0.3, -0.25) is 4.98 Å². The molecule has 0 aliphatic carbocycles. The third-order valence-corrected chi connectivity index (χ3v) is 9.13. The molecule has 4 rings (SSSR count). The smallest absolute Gasteiger partial charge is 0.119 e. The predicted molar refractivity (Wildman–Crippen MR) is 149 cm³/mol. The zero-order valence-electron chi connectivity index (χ0n) is 21.3. The number of hydrogen-bond acceptors (Lipinski definition) is 6. The standard InChI is InChI=1S/C29H37ClN2O3S/c1-21-6-3-4-7-27(21)36-17-5-14-32-15-12-29(20-33,13-16-32)11-10-26(34)28-23-18-22(35-2)8-9-25(23)31-19-24(28)30/h3-4,6-9,18-19,26,33-34H,5,10-17,20H2,1-2H3. The molecule has 7 heteroatoms. The van der Waals surface area contributed by atoms with E-state index in [9.17, 15) is 10.2 Å². The average molecular weight is 529 g/mol. The quantitative estimate of drug-likeness (QED) is 0.226. The van der Waals surface area contributed by atoms with Gasteiger partial charge in [-0.15, -0.1) is 11.8 Å². The highest BCUT2D eigenvalue weighted by atomic mass is 35.5. The van der Waals surface area contributed by atoms with Gasteiger partial charge in [0.15, 0.2) is 0 Å². The first-order valence-corrected chi connectivity index (χ1v) is 14.1. The summed E-state index contributed by atoms with van der Waals surface area (Å²) in [5.74, 6) is 1.82. The summed E-state index contributed by atoms with van der Waals surface area (Å²) in [4.78, 5) is 8.28. The Kier molecular flexibility index (Phi) is 9.53. The number of ether oxygens (including phenoxy) is 1. The Balaban J connectivity index is 1.30. The largest absolute Gasteiger partial charge is 0.497 e. The summed E-state index contributed by atoms with van der Waals surface area (Å²) in [6.45, 7) is 5.38. The molecule has 5 nitrogen and oxygen atoms in total. The van der Waals surface area contributed by atoms with E-state index in [0.29, 0.717) is 22.8 Å². The number of likely N-dealkylation sites (tertiary alicyclic amines) is 1. The molecule has 2 heterocycles. The molecule has 2 aromatic carbocycles. The number of fused-ring (bicyclic) bond motifs is 1. The summed E-state index contributed by atoms with van der Waals surface area (Å²) in [6.07, 6.45) is 5.22. The molecule has 36 heavy (non-hydrogen) atoms. The second kappa shape index (κ2) is 12.6. The molecular weight excluding hydrogens is 492 g/mol. The molecule has 3 aromatic rings. The molecule has 0 saturated carbocycles. The van der Waals surface area contributed by atoms with Gasteiger partial charge in [0.05, 0.1) is 23.8 Å². The summed E-state index contributed by atoms with van der Waals surface area (Å²) in [7, 11) is 1.62. The number of thioether (sulfide) groups is 1. The molecule has 1 unspecified atom stereocenters. The zero-order valence-corrected chi connectivity index (χ0v) is 22.8. The van der Waals surface area contributed by atoms with E-state index in [1.807, 2.05) is 30.0 Å². The van der Waals surface area contributed by atoms with Gasteiger partial charge < -0.3 is 19.8 Å². The Bertz CT molecular complexity index is 1150. The molecule has 0 spiro atoms. The van der Waals surface area contributed by atoms with Crippen molar-refractivity contribution in [3.05, 3.63) is 64.8 Å². The van der Waals surface area contributed by atoms with Crippen molar-refractivity contribution in [1.29, 1.82) is 0 Å². The van der Waals surface area contributed by atoms with Crippen LogP contribution in [0.5, 0.6) is 5.75 Å². The van der Waals surface area contributed by atoms with Crippen molar-refractivity contribution in [3.8, 4) is 5.75 Å². The fourth-order valence-corrected chi connectivity index (χ4v) is 6.39. The SMILES string of the molecule is COc1ccc2ncc(Cl)c(C(O)CCC3(CO)CCN(CCCSc4ccccc4C)CC3)c2c1. The van der Waals surface area contributed by atoms with Crippen LogP contribution in [0, 0.1) is 12.3 Å². The molecule has 1 aliphatic rings. The van der Waals surface area contributed by atoms with Crippen LogP contribution in [0.4, 0.5) is 0 Å². The van der Waals surface area contributed by atoms with E-state index >= 15 is 0 Å². The summed E-state index contributed by atoms with van der Waals surface area (Å²) >= 11 is 8.43. The first-order chi connectivity index (χ1) is 17.4. The van der Waals surface area contributed by atoms with Gasteiger partial charge in [0.25, 0.3) is 0 Å². The Hall–Kier alpha value is -1.83. The topological polar surface area (TPSA) is 65.8 Å². The molecule has 1 aliphatic heterocycles. The van der Waals surface area contributed by atoms with Gasteiger partial charge >= 0.3 is 0 Å². The van der Waals surface area contributed by atoms with Crippen molar-refractivity contribution in [2.24, 2.45) is 5.41 Å². The summed E-state index contributed by atoms with van der Waals surface area (Å²) in [6, 6.07) is 14.2. The third kappa shape index (κ3) is 6.53. The summed E-state index contributed by atoms with van der Waals surface area (Å²) in [5, 5.41) is 22.7. The van der Waals surface area contributed by atoms with Crippen molar-refractivity contribution < 1.29 is 14.9 Å². The van der Waals surface area contributed by atoms with E-state index in [0.717, 1.165) is 62.0 Å². The number of piperidine rings is 1. The molecule has 1 saturated heterocycles. The van der Waals surface area contributed by atoms with Crippen LogP contribution in [0.1, 0.15) is 49.3 Å². The van der Waals surface area contributed by atoms with Crippen molar-refractivity contribution in [2.45, 2.75) is 50.0 Å². The van der Waals surface area contributed by atoms with Crippen molar-refractivity contribution in [1.82, 2.24) is 9.88 Å². The van der Waals surface area contributed by atoms with E-state index in [4.69, 9.17) is 16.3 Å². The maximum Gasteiger partial charge on any atom is 0.119 e. The van der Waals surface area contributed by atoms with Crippen molar-refractivity contribution in [2.75, 3.05) is 39.1 Å². The monoisotopic (exact) mass is 528 g/mol. The van der Waals surface area contributed by atoms with Crippen molar-refractivity contribution in [3.63, 3.8) is 0 Å². The average Bonchev–Trinajstić information content (AvgIpc) is 2.91. The van der Waals surface area contributed by atoms with E-state index in [-0.39, 0.29) is 12.0 Å². The summed E-state index contributed by atoms with van der Waals surface area (Å²) in [5.41, 5.74) is 2.66. The Morgan fingerprint density at radius 1 is 1.19 bits per heavy atom. The number of aromatic nitrogens is 1. The van der Waals surface area contributed by atoms with Crippen LogP contribution < -0.4 is 4.74 Å². The fourth-order valence-electron chi connectivity index (χ4n) is 5.15. The summed E-state index contributed by atoms with van der Waals surface area (Å²) < 4.78 is 5.37. The van der Waals surface area contributed by atoms with Gasteiger partial charge in [0.2, 0.25) is 0 Å². The molecule has 0 radical (unpaired) electrons. The first kappa shape index (κ1) is 27.2. The molecule has 0 amide bonds. The predicted octanol–water partition coefficient (Wildman–Crippen LogP) is 6.28. The number of rotatable bonds is 11. The lowest BCUT2D eigenvalue weighted by molar-refractivity contribution is 0.0238. The highest BCUT2D eigenvalue weighted by molar-refractivity contribution is 7.99. The number of benzene rings is 2. The first-order valence-electron chi connectivity index (χ1n) is 12.8. The highest BCUT2D eigenvalue weighted by Gasteiger charge is 2.34. The second-order valence-corrected chi connectivity index (χ2v) is 11.5. The van der Waals surface area contributed by atoms with Gasteiger partial charge in [0, 0.05) is 28.6 Å². The molecule has 2 N–H and O–H groups in total. The molecule has 194 valence electrons. The lowest BCUT2D eigenvalue weighted by atomic mass is 9.74. The normalized spacial score (nSPS) is 16.8.